The van der Waals surface area contributed by atoms with Gasteiger partial charge in [-0.2, -0.15) is 0 Å². The summed E-state index contributed by atoms with van der Waals surface area (Å²) in [5.41, 5.74) is 5.98. The Bertz CT molecular complexity index is 911. The van der Waals surface area contributed by atoms with Crippen molar-refractivity contribution in [1.29, 1.82) is 0 Å². The van der Waals surface area contributed by atoms with E-state index in [0.29, 0.717) is 0 Å². The number of nitrogens with two attached hydrogens (primary N) is 1. The number of ether oxygens (including phenoxy) is 2. The molecule has 142 valence electrons. The van der Waals surface area contributed by atoms with E-state index < -0.39 is 28.9 Å². The molecule has 2 aliphatic heterocycles. The zero-order valence-electron chi connectivity index (χ0n) is 14.8. The fraction of sp³-hybridized carbons (Fsp3) is 0.278. The number of thioether (sulfide) groups is 1. The number of hydrogen-bond acceptors (Lipinski definition) is 7. The Labute approximate surface area is 159 Å². The highest BCUT2D eigenvalue weighted by Crippen LogP contribution is 2.50. The molecule has 0 bridgehead atoms. The first-order valence-electron chi connectivity index (χ1n) is 7.98. The lowest BCUT2D eigenvalue weighted by atomic mass is 9.82. The van der Waals surface area contributed by atoms with E-state index in [2.05, 4.69) is 0 Å². The third-order valence-corrected chi connectivity index (χ3v) is 5.59. The van der Waals surface area contributed by atoms with E-state index in [1.165, 1.54) is 25.3 Å². The third kappa shape index (κ3) is 2.87. The number of amides is 1. The van der Waals surface area contributed by atoms with Gasteiger partial charge in [0.2, 0.25) is 5.91 Å². The minimum absolute atomic E-state index is 0.0279. The van der Waals surface area contributed by atoms with Crippen LogP contribution in [0.5, 0.6) is 0 Å². The maximum Gasteiger partial charge on any atom is 0.338 e. The highest BCUT2D eigenvalue weighted by atomic mass is 32.2. The summed E-state index contributed by atoms with van der Waals surface area (Å²) in [6.45, 7) is 1.65. The van der Waals surface area contributed by atoms with Crippen molar-refractivity contribution in [3.05, 3.63) is 57.6 Å². The largest absolute Gasteiger partial charge is 0.466 e. The van der Waals surface area contributed by atoms with Crippen LogP contribution in [-0.2, 0) is 23.9 Å². The van der Waals surface area contributed by atoms with Gasteiger partial charge in [-0.15, -0.1) is 0 Å². The van der Waals surface area contributed by atoms with Crippen LogP contribution in [-0.4, -0.2) is 42.2 Å². The first-order valence-corrected chi connectivity index (χ1v) is 8.86. The molecular formula is C18H17FN2O5S. The molecule has 1 fully saturated rings. The monoisotopic (exact) mass is 392 g/mol. The van der Waals surface area contributed by atoms with Gasteiger partial charge in [0.15, 0.2) is 0 Å². The van der Waals surface area contributed by atoms with Gasteiger partial charge in [-0.05, 0) is 13.0 Å². The predicted octanol–water partition coefficient (Wildman–Crippen LogP) is 1.61. The van der Waals surface area contributed by atoms with Crippen molar-refractivity contribution in [3.8, 4) is 0 Å². The molecule has 1 saturated heterocycles. The normalized spacial score (nSPS) is 22.1. The zero-order chi connectivity index (χ0) is 19.9. The van der Waals surface area contributed by atoms with Gasteiger partial charge in [-0.25, -0.2) is 14.0 Å². The van der Waals surface area contributed by atoms with Gasteiger partial charge in [0.05, 0.1) is 41.6 Å². The lowest BCUT2D eigenvalue weighted by Gasteiger charge is -2.32. The van der Waals surface area contributed by atoms with Gasteiger partial charge in [0.1, 0.15) is 11.6 Å². The molecular weight excluding hydrogens is 375 g/mol. The van der Waals surface area contributed by atoms with Gasteiger partial charge >= 0.3 is 11.9 Å². The fourth-order valence-electron chi connectivity index (χ4n) is 3.17. The quantitative estimate of drug-likeness (QED) is 0.781. The lowest BCUT2D eigenvalue weighted by Crippen LogP contribution is -2.40. The summed E-state index contributed by atoms with van der Waals surface area (Å²) in [4.78, 5) is 38.8. The van der Waals surface area contributed by atoms with E-state index in [1.54, 1.807) is 13.0 Å². The van der Waals surface area contributed by atoms with Crippen LogP contribution in [0.15, 0.2) is 46.3 Å². The standard InChI is InChI=1S/C18H17FN2O5S/c1-8-15(22)21-14(20)12(17(23)25-2)11(9-6-4-5-7-10(9)19)13(16(21)27-8)18(24)26-3/h4-8,11H,20H2,1-3H3/t8-,11+/m1/s1. The van der Waals surface area contributed by atoms with Crippen LogP contribution >= 0.6 is 11.8 Å². The molecule has 7 nitrogen and oxygen atoms in total. The van der Waals surface area contributed by atoms with Crippen LogP contribution in [0.2, 0.25) is 0 Å². The number of carbonyl (C=O) groups is 3. The van der Waals surface area contributed by atoms with E-state index in [4.69, 9.17) is 15.2 Å². The molecule has 0 aromatic heterocycles. The molecule has 0 spiro atoms. The second-order valence-corrected chi connectivity index (χ2v) is 7.22. The van der Waals surface area contributed by atoms with Crippen LogP contribution in [0.4, 0.5) is 4.39 Å². The third-order valence-electron chi connectivity index (χ3n) is 4.41. The molecule has 1 amide bonds. The highest BCUT2D eigenvalue weighted by molar-refractivity contribution is 8.04. The Kier molecular flexibility index (Phi) is 4.97. The van der Waals surface area contributed by atoms with E-state index in [1.807, 2.05) is 0 Å². The summed E-state index contributed by atoms with van der Waals surface area (Å²) in [7, 11) is 2.31. The van der Waals surface area contributed by atoms with Gasteiger partial charge in [0, 0.05) is 5.56 Å². The minimum Gasteiger partial charge on any atom is -0.466 e. The van der Waals surface area contributed by atoms with Crippen molar-refractivity contribution >= 4 is 29.6 Å². The van der Waals surface area contributed by atoms with Gasteiger partial charge in [-0.3, -0.25) is 9.69 Å². The Balaban J connectivity index is 2.36. The van der Waals surface area contributed by atoms with E-state index in [9.17, 15) is 18.8 Å². The first kappa shape index (κ1) is 19.0. The molecule has 2 aliphatic rings. The maximum absolute atomic E-state index is 14.6. The molecule has 2 atom stereocenters. The minimum atomic E-state index is -1.16. The second-order valence-electron chi connectivity index (χ2n) is 5.89. The van der Waals surface area contributed by atoms with Crippen LogP contribution < -0.4 is 5.73 Å². The molecule has 0 saturated carbocycles. The molecule has 2 N–H and O–H groups in total. The maximum atomic E-state index is 14.6. The van der Waals surface area contributed by atoms with Crippen molar-refractivity contribution in [2.75, 3.05) is 14.2 Å². The summed E-state index contributed by atoms with van der Waals surface area (Å²) in [5.74, 6) is -4.01. The first-order chi connectivity index (χ1) is 12.8. The summed E-state index contributed by atoms with van der Waals surface area (Å²) in [6.07, 6.45) is 0. The number of halogens is 1. The zero-order valence-corrected chi connectivity index (χ0v) is 15.6. The summed E-state index contributed by atoms with van der Waals surface area (Å²) in [5, 5.41) is -0.297. The van der Waals surface area contributed by atoms with E-state index in [0.717, 1.165) is 23.8 Å². The van der Waals surface area contributed by atoms with Gasteiger partial charge in [-0.1, -0.05) is 30.0 Å². The number of benzene rings is 1. The van der Waals surface area contributed by atoms with Crippen molar-refractivity contribution in [1.82, 2.24) is 4.90 Å². The molecule has 3 rings (SSSR count). The average Bonchev–Trinajstić information content (AvgIpc) is 2.95. The van der Waals surface area contributed by atoms with Crippen molar-refractivity contribution < 1.29 is 28.2 Å². The molecule has 2 heterocycles. The van der Waals surface area contributed by atoms with Crippen molar-refractivity contribution in [2.24, 2.45) is 5.73 Å². The Morgan fingerprint density at radius 1 is 1.15 bits per heavy atom. The number of carbonyl (C=O) groups excluding carboxylic acids is 3. The van der Waals surface area contributed by atoms with Crippen LogP contribution in [0.25, 0.3) is 0 Å². The Morgan fingerprint density at radius 2 is 1.74 bits per heavy atom. The topological polar surface area (TPSA) is 98.9 Å². The number of esters is 2. The van der Waals surface area contributed by atoms with Crippen molar-refractivity contribution in [3.63, 3.8) is 0 Å². The Morgan fingerprint density at radius 3 is 2.33 bits per heavy atom. The number of methoxy groups -OCH3 is 2. The van der Waals surface area contributed by atoms with Gasteiger partial charge < -0.3 is 15.2 Å². The highest BCUT2D eigenvalue weighted by Gasteiger charge is 2.49. The number of hydrogen-bond donors (Lipinski definition) is 1. The lowest BCUT2D eigenvalue weighted by molar-refractivity contribution is -0.137. The number of fused-ring (bicyclic) bond motifs is 1. The molecule has 1 aromatic rings. The van der Waals surface area contributed by atoms with Crippen LogP contribution in [0.1, 0.15) is 18.4 Å². The molecule has 27 heavy (non-hydrogen) atoms. The second kappa shape index (κ2) is 7.07. The molecule has 0 unspecified atom stereocenters. The Hall–Kier alpha value is -2.81. The predicted molar refractivity (Wildman–Crippen MR) is 95.3 cm³/mol. The van der Waals surface area contributed by atoms with E-state index >= 15 is 0 Å². The fourth-order valence-corrected chi connectivity index (χ4v) is 4.33. The smallest absolute Gasteiger partial charge is 0.338 e. The molecule has 9 heteroatoms. The molecule has 1 aromatic carbocycles. The van der Waals surface area contributed by atoms with Crippen LogP contribution in [0.3, 0.4) is 0 Å². The summed E-state index contributed by atoms with van der Waals surface area (Å²) < 4.78 is 24.3. The molecule has 0 aliphatic carbocycles. The van der Waals surface area contributed by atoms with E-state index in [-0.39, 0.29) is 33.5 Å². The molecule has 0 radical (unpaired) electrons. The SMILES string of the molecule is COC(=O)C1=C(N)N2C(=O)[C@@H](C)SC2=C(C(=O)OC)[C@H]1c1ccccc1F. The number of rotatable bonds is 3. The van der Waals surface area contributed by atoms with Crippen LogP contribution in [0, 0.1) is 5.82 Å². The number of nitrogens with zero attached hydrogens (tertiary/aromatic N) is 1. The van der Waals surface area contributed by atoms with Gasteiger partial charge in [0.25, 0.3) is 0 Å². The van der Waals surface area contributed by atoms with Crippen molar-refractivity contribution in [2.45, 2.75) is 18.1 Å². The average molecular weight is 392 g/mol. The summed E-state index contributed by atoms with van der Waals surface area (Å²) >= 11 is 1.11. The summed E-state index contributed by atoms with van der Waals surface area (Å²) in [6, 6.07) is 5.72.